The number of allylic oxidation sites excluding steroid dienone is 2. The summed E-state index contributed by atoms with van der Waals surface area (Å²) in [6.45, 7) is 4.07. The van der Waals surface area contributed by atoms with Gasteiger partial charge in [0.05, 0.1) is 0 Å². The van der Waals surface area contributed by atoms with Gasteiger partial charge in [0.15, 0.2) is 0 Å². The predicted molar refractivity (Wildman–Crippen MR) is 83.4 cm³/mol. The summed E-state index contributed by atoms with van der Waals surface area (Å²) in [7, 11) is 0. The highest BCUT2D eigenvalue weighted by atomic mass is 16.7. The fraction of sp³-hybridized carbons (Fsp3) is 0.500. The Morgan fingerprint density at radius 2 is 2.18 bits per heavy atom. The van der Waals surface area contributed by atoms with Crippen molar-refractivity contribution in [2.24, 2.45) is 0 Å². The number of carbonyl (C=O) groups is 1. The van der Waals surface area contributed by atoms with E-state index in [-0.39, 0.29) is 24.4 Å². The zero-order valence-corrected chi connectivity index (χ0v) is 13.1. The lowest BCUT2D eigenvalue weighted by atomic mass is 9.83. The van der Waals surface area contributed by atoms with E-state index in [9.17, 15) is 9.90 Å². The topological polar surface area (TPSA) is 55.8 Å². The number of esters is 1. The number of fused-ring (bicyclic) bond motifs is 1. The van der Waals surface area contributed by atoms with Crippen LogP contribution in [0.25, 0.3) is 0 Å². The highest BCUT2D eigenvalue weighted by Crippen LogP contribution is 2.45. The van der Waals surface area contributed by atoms with Gasteiger partial charge in [-0.3, -0.25) is 0 Å². The Bertz CT molecular complexity index is 630. The fourth-order valence-corrected chi connectivity index (χ4v) is 3.46. The van der Waals surface area contributed by atoms with E-state index in [2.05, 4.69) is 13.0 Å². The molecule has 1 atom stereocenters. The van der Waals surface area contributed by atoms with Crippen LogP contribution in [0.3, 0.4) is 0 Å². The van der Waals surface area contributed by atoms with Crippen molar-refractivity contribution in [1.29, 1.82) is 0 Å². The van der Waals surface area contributed by atoms with Crippen LogP contribution < -0.4 is 4.74 Å². The maximum Gasteiger partial charge on any atom is 0.345 e. The summed E-state index contributed by atoms with van der Waals surface area (Å²) in [5.41, 5.74) is 3.36. The second-order valence-electron chi connectivity index (χ2n) is 6.13. The Morgan fingerprint density at radius 1 is 1.36 bits per heavy atom. The number of hydrogen-bond donors (Lipinski definition) is 1. The van der Waals surface area contributed by atoms with Crippen molar-refractivity contribution >= 4 is 5.97 Å². The van der Waals surface area contributed by atoms with Crippen LogP contribution in [0.15, 0.2) is 17.7 Å². The lowest BCUT2D eigenvalue weighted by Gasteiger charge is -2.28. The van der Waals surface area contributed by atoms with Crippen LogP contribution in [0, 0.1) is 0 Å². The second-order valence-corrected chi connectivity index (χ2v) is 6.13. The van der Waals surface area contributed by atoms with E-state index in [1.807, 2.05) is 6.92 Å². The third-order valence-electron chi connectivity index (χ3n) is 4.44. The first-order valence-corrected chi connectivity index (χ1v) is 7.97. The van der Waals surface area contributed by atoms with E-state index in [0.717, 1.165) is 36.8 Å². The number of cyclic esters (lactones) is 1. The molecule has 0 spiro atoms. The van der Waals surface area contributed by atoms with Crippen LogP contribution in [0.2, 0.25) is 0 Å². The fourth-order valence-electron chi connectivity index (χ4n) is 3.46. The van der Waals surface area contributed by atoms with E-state index < -0.39 is 0 Å². The van der Waals surface area contributed by atoms with Crippen molar-refractivity contribution in [2.45, 2.75) is 51.9 Å². The first kappa shape index (κ1) is 14.9. The van der Waals surface area contributed by atoms with Gasteiger partial charge in [-0.05, 0) is 44.2 Å². The SMILES string of the molecule is CCCc1cc(O)c(C2C=C(C)CCC2)c2c1C(=O)OCO2. The third kappa shape index (κ3) is 2.58. The molecule has 1 aliphatic carbocycles. The van der Waals surface area contributed by atoms with Gasteiger partial charge in [0.1, 0.15) is 17.1 Å². The molecule has 1 aromatic carbocycles. The number of rotatable bonds is 3. The van der Waals surface area contributed by atoms with E-state index in [1.54, 1.807) is 6.07 Å². The monoisotopic (exact) mass is 302 g/mol. The molecule has 1 heterocycles. The number of phenols is 1. The normalized spacial score (nSPS) is 20.7. The lowest BCUT2D eigenvalue weighted by molar-refractivity contribution is 0.00410. The Kier molecular flexibility index (Phi) is 4.10. The lowest BCUT2D eigenvalue weighted by Crippen LogP contribution is -2.22. The maximum absolute atomic E-state index is 12.2. The number of ether oxygens (including phenoxy) is 2. The summed E-state index contributed by atoms with van der Waals surface area (Å²) in [5.74, 6) is 0.509. The van der Waals surface area contributed by atoms with E-state index in [0.29, 0.717) is 17.7 Å². The van der Waals surface area contributed by atoms with Crippen molar-refractivity contribution in [3.63, 3.8) is 0 Å². The van der Waals surface area contributed by atoms with Crippen molar-refractivity contribution in [3.8, 4) is 11.5 Å². The van der Waals surface area contributed by atoms with Gasteiger partial charge in [0.25, 0.3) is 0 Å². The van der Waals surface area contributed by atoms with Crippen molar-refractivity contribution in [3.05, 3.63) is 34.4 Å². The van der Waals surface area contributed by atoms with E-state index >= 15 is 0 Å². The third-order valence-corrected chi connectivity index (χ3v) is 4.44. The largest absolute Gasteiger partial charge is 0.507 e. The Hall–Kier alpha value is -1.97. The molecule has 0 aromatic heterocycles. The highest BCUT2D eigenvalue weighted by molar-refractivity contribution is 5.96. The number of benzene rings is 1. The zero-order chi connectivity index (χ0) is 15.7. The first-order valence-electron chi connectivity index (χ1n) is 7.97. The average molecular weight is 302 g/mol. The number of aryl methyl sites for hydroxylation is 1. The van der Waals surface area contributed by atoms with Gasteiger partial charge in [-0.2, -0.15) is 0 Å². The minimum Gasteiger partial charge on any atom is -0.507 e. The molecule has 1 aromatic rings. The molecular formula is C18H22O4. The molecular weight excluding hydrogens is 280 g/mol. The Balaban J connectivity index is 2.16. The first-order chi connectivity index (χ1) is 10.6. The summed E-state index contributed by atoms with van der Waals surface area (Å²) in [4.78, 5) is 12.2. The predicted octanol–water partition coefficient (Wildman–Crippen LogP) is 4.07. The van der Waals surface area contributed by atoms with Crippen LogP contribution >= 0.6 is 0 Å². The second kappa shape index (κ2) is 6.03. The standard InChI is InChI=1S/C18H22O4/c1-3-5-12-9-14(19)15(13-7-4-6-11(2)8-13)17-16(12)18(20)22-10-21-17/h8-9,13,19H,3-7,10H2,1-2H3. The summed E-state index contributed by atoms with van der Waals surface area (Å²) < 4.78 is 10.7. The molecule has 0 radical (unpaired) electrons. The van der Waals surface area contributed by atoms with E-state index in [1.165, 1.54) is 5.57 Å². The quantitative estimate of drug-likeness (QED) is 0.675. The number of phenolic OH excluding ortho intramolecular Hbond substituents is 1. The molecule has 0 fully saturated rings. The van der Waals surface area contributed by atoms with Crippen molar-refractivity contribution in [1.82, 2.24) is 0 Å². The van der Waals surface area contributed by atoms with Gasteiger partial charge in [-0.1, -0.05) is 25.0 Å². The Labute approximate surface area is 130 Å². The summed E-state index contributed by atoms with van der Waals surface area (Å²) >= 11 is 0. The number of hydrogen-bond acceptors (Lipinski definition) is 4. The Morgan fingerprint density at radius 3 is 2.91 bits per heavy atom. The van der Waals surface area contributed by atoms with Crippen molar-refractivity contribution < 1.29 is 19.4 Å². The van der Waals surface area contributed by atoms with Crippen LogP contribution in [0.4, 0.5) is 0 Å². The summed E-state index contributed by atoms with van der Waals surface area (Å²) in [5, 5.41) is 10.5. The minimum atomic E-state index is -0.345. The van der Waals surface area contributed by atoms with Crippen LogP contribution in [0.5, 0.6) is 11.5 Å². The summed E-state index contributed by atoms with van der Waals surface area (Å²) in [6.07, 6.45) is 6.93. The molecule has 2 aliphatic rings. The number of aromatic hydroxyl groups is 1. The molecule has 22 heavy (non-hydrogen) atoms. The number of carbonyl (C=O) groups excluding carboxylic acids is 1. The maximum atomic E-state index is 12.2. The van der Waals surface area contributed by atoms with Gasteiger partial charge in [-0.15, -0.1) is 0 Å². The van der Waals surface area contributed by atoms with Gasteiger partial charge in [0.2, 0.25) is 6.79 Å². The van der Waals surface area contributed by atoms with Crippen LogP contribution in [0.1, 0.15) is 66.9 Å². The molecule has 1 N–H and O–H groups in total. The smallest absolute Gasteiger partial charge is 0.345 e. The van der Waals surface area contributed by atoms with Crippen molar-refractivity contribution in [2.75, 3.05) is 6.79 Å². The zero-order valence-electron chi connectivity index (χ0n) is 13.1. The molecule has 0 amide bonds. The van der Waals surface area contributed by atoms with Gasteiger partial charge in [-0.25, -0.2) is 4.79 Å². The molecule has 4 heteroatoms. The molecule has 0 bridgehead atoms. The van der Waals surface area contributed by atoms with Gasteiger partial charge >= 0.3 is 5.97 Å². The van der Waals surface area contributed by atoms with Gasteiger partial charge < -0.3 is 14.6 Å². The average Bonchev–Trinajstić information content (AvgIpc) is 2.47. The molecule has 118 valence electrons. The van der Waals surface area contributed by atoms with E-state index in [4.69, 9.17) is 9.47 Å². The van der Waals surface area contributed by atoms with Gasteiger partial charge in [0, 0.05) is 11.5 Å². The summed E-state index contributed by atoms with van der Waals surface area (Å²) in [6, 6.07) is 1.71. The molecule has 1 unspecified atom stereocenters. The molecule has 0 saturated carbocycles. The molecule has 1 aliphatic heterocycles. The molecule has 4 nitrogen and oxygen atoms in total. The van der Waals surface area contributed by atoms with Crippen LogP contribution in [-0.4, -0.2) is 17.9 Å². The minimum absolute atomic E-state index is 0.0801. The molecule has 3 rings (SSSR count). The molecule has 0 saturated heterocycles. The highest BCUT2D eigenvalue weighted by Gasteiger charge is 2.31. The van der Waals surface area contributed by atoms with Crippen LogP contribution in [-0.2, 0) is 11.2 Å².